The molecule has 0 aliphatic carbocycles. The monoisotopic (exact) mass is 305 g/mol. The highest BCUT2D eigenvalue weighted by molar-refractivity contribution is 7.21. The summed E-state index contributed by atoms with van der Waals surface area (Å²) in [6, 6.07) is 11.0. The van der Waals surface area contributed by atoms with Gasteiger partial charge in [0.2, 0.25) is 5.78 Å². The maximum absolute atomic E-state index is 13.2. The average molecular weight is 306 g/mol. The van der Waals surface area contributed by atoms with E-state index in [1.165, 1.54) is 23.5 Å². The Morgan fingerprint density at radius 2 is 1.95 bits per heavy atom. The van der Waals surface area contributed by atoms with Gasteiger partial charge in [-0.1, -0.05) is 17.7 Å². The first-order chi connectivity index (χ1) is 9.54. The van der Waals surface area contributed by atoms with Crippen molar-refractivity contribution < 1.29 is 9.18 Å². The number of thiophene rings is 1. The molecule has 0 fully saturated rings. The van der Waals surface area contributed by atoms with Gasteiger partial charge in [-0.2, -0.15) is 0 Å². The molecule has 3 aromatic rings. The summed E-state index contributed by atoms with van der Waals surface area (Å²) >= 11 is 7.18. The molecule has 0 bridgehead atoms. The molecule has 0 unspecified atom stereocenters. The van der Waals surface area contributed by atoms with Crippen LogP contribution in [0.2, 0.25) is 5.02 Å². The minimum atomic E-state index is -0.311. The summed E-state index contributed by atoms with van der Waals surface area (Å²) in [6.07, 6.45) is 0. The van der Waals surface area contributed by atoms with Crippen molar-refractivity contribution in [2.24, 2.45) is 0 Å². The molecule has 0 amide bonds. The molecule has 0 aliphatic heterocycles. The highest BCUT2D eigenvalue weighted by atomic mass is 35.5. The third-order valence-electron chi connectivity index (χ3n) is 2.97. The van der Waals surface area contributed by atoms with E-state index < -0.39 is 0 Å². The zero-order chi connectivity index (χ0) is 14.3. The van der Waals surface area contributed by atoms with Gasteiger partial charge in [0.25, 0.3) is 0 Å². The minimum Gasteiger partial charge on any atom is -0.398 e. The predicted molar refractivity (Wildman–Crippen MR) is 81.1 cm³/mol. The average Bonchev–Trinajstić information content (AvgIpc) is 2.84. The number of carbonyl (C=O) groups excluding carboxylic acids is 1. The Hall–Kier alpha value is -1.91. The molecular weight excluding hydrogens is 297 g/mol. The maximum atomic E-state index is 13.2. The molecule has 1 aromatic heterocycles. The van der Waals surface area contributed by atoms with Crippen LogP contribution in [0.15, 0.2) is 42.5 Å². The Balaban J connectivity index is 2.05. The van der Waals surface area contributed by atoms with Gasteiger partial charge in [-0.3, -0.25) is 4.79 Å². The third kappa shape index (κ3) is 2.28. The molecule has 1 heterocycles. The lowest BCUT2D eigenvalue weighted by Crippen LogP contribution is -1.99. The maximum Gasteiger partial charge on any atom is 0.203 e. The molecule has 3 rings (SSSR count). The van der Waals surface area contributed by atoms with Gasteiger partial charge in [-0.05, 0) is 41.8 Å². The van der Waals surface area contributed by atoms with Crippen molar-refractivity contribution in [2.75, 3.05) is 5.73 Å². The van der Waals surface area contributed by atoms with Gasteiger partial charge in [0.15, 0.2) is 0 Å². The summed E-state index contributed by atoms with van der Waals surface area (Å²) in [7, 11) is 0. The number of benzene rings is 2. The summed E-state index contributed by atoms with van der Waals surface area (Å²) in [5.74, 6) is -0.456. The number of carbonyl (C=O) groups is 1. The fourth-order valence-corrected chi connectivity index (χ4v) is 3.16. The van der Waals surface area contributed by atoms with Crippen molar-refractivity contribution in [3.8, 4) is 0 Å². The Labute approximate surface area is 123 Å². The van der Waals surface area contributed by atoms with Crippen LogP contribution in [0.4, 0.5) is 10.1 Å². The number of hydrogen-bond donors (Lipinski definition) is 1. The van der Waals surface area contributed by atoms with Crippen LogP contribution in [0.5, 0.6) is 0 Å². The van der Waals surface area contributed by atoms with Gasteiger partial charge in [0, 0.05) is 10.3 Å². The topological polar surface area (TPSA) is 43.1 Å². The molecule has 0 radical (unpaired) electrons. The molecule has 2 nitrogen and oxygen atoms in total. The van der Waals surface area contributed by atoms with Crippen LogP contribution in [0.3, 0.4) is 0 Å². The first-order valence-corrected chi connectivity index (χ1v) is 7.03. The molecule has 0 atom stereocenters. The van der Waals surface area contributed by atoms with Crippen molar-refractivity contribution >= 4 is 44.5 Å². The Morgan fingerprint density at radius 3 is 2.70 bits per heavy atom. The molecule has 100 valence electrons. The van der Waals surface area contributed by atoms with Crippen LogP contribution in [-0.4, -0.2) is 5.78 Å². The van der Waals surface area contributed by atoms with E-state index in [0.29, 0.717) is 21.2 Å². The van der Waals surface area contributed by atoms with Crippen molar-refractivity contribution in [3.05, 3.63) is 63.7 Å². The Morgan fingerprint density at radius 1 is 1.15 bits per heavy atom. The molecule has 20 heavy (non-hydrogen) atoms. The van der Waals surface area contributed by atoms with E-state index in [0.717, 1.165) is 10.1 Å². The van der Waals surface area contributed by atoms with E-state index in [4.69, 9.17) is 17.3 Å². The fourth-order valence-electron chi connectivity index (χ4n) is 1.93. The molecule has 2 aromatic carbocycles. The van der Waals surface area contributed by atoms with E-state index in [1.54, 1.807) is 30.3 Å². The second kappa shape index (κ2) is 4.89. The smallest absolute Gasteiger partial charge is 0.203 e. The second-order valence-electron chi connectivity index (χ2n) is 4.36. The summed E-state index contributed by atoms with van der Waals surface area (Å²) in [5, 5.41) is 1.20. The summed E-state index contributed by atoms with van der Waals surface area (Å²) in [4.78, 5) is 12.9. The molecule has 5 heteroatoms. The standard InChI is InChI=1S/C15H9ClFNOS/c16-11-5-9(2-4-12(11)18)15(19)14-6-8-1-3-10(17)7-13(8)20-14/h1-7H,18H2. The lowest BCUT2D eigenvalue weighted by Gasteiger charge is -2.01. The fraction of sp³-hybridized carbons (Fsp3) is 0. The number of hydrogen-bond acceptors (Lipinski definition) is 3. The Kier molecular flexibility index (Phi) is 3.20. The van der Waals surface area contributed by atoms with Gasteiger partial charge in [-0.15, -0.1) is 11.3 Å². The van der Waals surface area contributed by atoms with Crippen LogP contribution >= 0.6 is 22.9 Å². The van der Waals surface area contributed by atoms with Crippen LogP contribution in [0.1, 0.15) is 15.2 Å². The first-order valence-electron chi connectivity index (χ1n) is 5.83. The number of halogens is 2. The van der Waals surface area contributed by atoms with Gasteiger partial charge < -0.3 is 5.73 Å². The highest BCUT2D eigenvalue weighted by Gasteiger charge is 2.14. The number of nitrogens with two attached hydrogens (primary N) is 1. The van der Waals surface area contributed by atoms with E-state index in [9.17, 15) is 9.18 Å². The lowest BCUT2D eigenvalue weighted by atomic mass is 10.1. The molecule has 0 saturated carbocycles. The van der Waals surface area contributed by atoms with Crippen molar-refractivity contribution in [1.29, 1.82) is 0 Å². The van der Waals surface area contributed by atoms with Gasteiger partial charge >= 0.3 is 0 Å². The van der Waals surface area contributed by atoms with Crippen LogP contribution in [-0.2, 0) is 0 Å². The molecule has 0 spiro atoms. The molecular formula is C15H9ClFNOS. The zero-order valence-electron chi connectivity index (χ0n) is 10.2. The predicted octanol–water partition coefficient (Wildman–Crippen LogP) is 4.51. The highest BCUT2D eigenvalue weighted by Crippen LogP contribution is 2.29. The number of anilines is 1. The summed E-state index contributed by atoms with van der Waals surface area (Å²) in [6.45, 7) is 0. The minimum absolute atomic E-state index is 0.145. The van der Waals surface area contributed by atoms with E-state index in [1.807, 2.05) is 0 Å². The second-order valence-corrected chi connectivity index (χ2v) is 5.85. The lowest BCUT2D eigenvalue weighted by molar-refractivity contribution is 0.104. The number of ketones is 1. The molecule has 0 saturated heterocycles. The summed E-state index contributed by atoms with van der Waals surface area (Å²) in [5.41, 5.74) is 6.52. The largest absolute Gasteiger partial charge is 0.398 e. The van der Waals surface area contributed by atoms with Gasteiger partial charge in [0.05, 0.1) is 15.6 Å². The van der Waals surface area contributed by atoms with E-state index >= 15 is 0 Å². The first kappa shape index (κ1) is 13.1. The van der Waals surface area contributed by atoms with Crippen molar-refractivity contribution in [1.82, 2.24) is 0 Å². The van der Waals surface area contributed by atoms with Crippen LogP contribution in [0, 0.1) is 5.82 Å². The van der Waals surface area contributed by atoms with E-state index in [2.05, 4.69) is 0 Å². The molecule has 2 N–H and O–H groups in total. The number of nitrogen functional groups attached to an aromatic ring is 1. The number of rotatable bonds is 2. The van der Waals surface area contributed by atoms with Crippen molar-refractivity contribution in [3.63, 3.8) is 0 Å². The molecule has 0 aliphatic rings. The SMILES string of the molecule is Nc1ccc(C(=O)c2cc3ccc(F)cc3s2)cc1Cl. The third-order valence-corrected chi connectivity index (χ3v) is 4.39. The van der Waals surface area contributed by atoms with Crippen LogP contribution < -0.4 is 5.73 Å². The quantitative estimate of drug-likeness (QED) is 0.559. The van der Waals surface area contributed by atoms with Gasteiger partial charge in [-0.25, -0.2) is 4.39 Å². The summed E-state index contributed by atoms with van der Waals surface area (Å²) < 4.78 is 13.9. The number of fused-ring (bicyclic) bond motifs is 1. The Bertz CT molecular complexity index is 828. The van der Waals surface area contributed by atoms with Crippen LogP contribution in [0.25, 0.3) is 10.1 Å². The van der Waals surface area contributed by atoms with E-state index in [-0.39, 0.29) is 11.6 Å². The normalized spacial score (nSPS) is 10.9. The van der Waals surface area contributed by atoms with Crippen molar-refractivity contribution in [2.45, 2.75) is 0 Å². The van der Waals surface area contributed by atoms with Gasteiger partial charge in [0.1, 0.15) is 5.82 Å². The zero-order valence-corrected chi connectivity index (χ0v) is 11.8.